The molecule has 0 radical (unpaired) electrons. The van der Waals surface area contributed by atoms with Gasteiger partial charge in [0.1, 0.15) is 0 Å². The van der Waals surface area contributed by atoms with E-state index in [0.29, 0.717) is 23.4 Å². The monoisotopic (exact) mass is 438 g/mol. The van der Waals surface area contributed by atoms with E-state index in [1.807, 2.05) is 35.7 Å². The van der Waals surface area contributed by atoms with Crippen LogP contribution in [0.2, 0.25) is 0 Å². The lowest BCUT2D eigenvalue weighted by molar-refractivity contribution is -0.115. The molecule has 0 aliphatic rings. The van der Waals surface area contributed by atoms with E-state index in [1.165, 1.54) is 30.2 Å². The fraction of sp³-hybridized carbons (Fsp3) is 0.167. The van der Waals surface area contributed by atoms with Crippen molar-refractivity contribution < 1.29 is 18.7 Å². The summed E-state index contributed by atoms with van der Waals surface area (Å²) in [7, 11) is 1.30. The number of carbonyl (C=O) groups excluding carboxylic acids is 2. The van der Waals surface area contributed by atoms with Crippen molar-refractivity contribution in [3.8, 4) is 5.75 Å². The van der Waals surface area contributed by atoms with Crippen molar-refractivity contribution in [1.29, 1.82) is 0 Å². The molecule has 0 aliphatic carbocycles. The van der Waals surface area contributed by atoms with Gasteiger partial charge in [-0.2, -0.15) is 0 Å². The van der Waals surface area contributed by atoms with Crippen LogP contribution < -0.4 is 15.4 Å². The molecule has 160 valence electrons. The molecular weight excluding hydrogens is 415 g/mol. The molecule has 2 N–H and O–H groups in total. The molecule has 0 unspecified atom stereocenters. The summed E-state index contributed by atoms with van der Waals surface area (Å²) in [5.74, 6) is -1.64. The maximum atomic E-state index is 14.0. The van der Waals surface area contributed by atoms with Crippen LogP contribution in [0.3, 0.4) is 0 Å². The number of ether oxygens (including phenoxy) is 1. The summed E-state index contributed by atoms with van der Waals surface area (Å²) in [5, 5.41) is 7.63. The molecule has 2 aromatic carbocycles. The minimum Gasteiger partial charge on any atom is -0.493 e. The van der Waals surface area contributed by atoms with Crippen molar-refractivity contribution in [3.05, 3.63) is 93.6 Å². The van der Waals surface area contributed by atoms with Gasteiger partial charge in [0.2, 0.25) is 0 Å². The van der Waals surface area contributed by atoms with E-state index in [-0.39, 0.29) is 17.2 Å². The lowest BCUT2D eigenvalue weighted by Crippen LogP contribution is -2.30. The SMILES string of the molecule is COc1c(F)cccc1C(=O)NC(C)=C(C(=O)NCCc1cccs1)c1ccccc1. The van der Waals surface area contributed by atoms with Crippen molar-refractivity contribution >= 4 is 28.7 Å². The number of carbonyl (C=O) groups is 2. The minimum absolute atomic E-state index is 0.0485. The standard InChI is InChI=1S/C24H23FN2O3S/c1-16(27-23(28)19-11-6-12-20(25)22(19)30-2)21(17-8-4-3-5-9-17)24(29)26-14-13-18-10-7-15-31-18/h3-12,15H,13-14H2,1-2H3,(H,26,29)(H,27,28). The molecule has 5 nitrogen and oxygen atoms in total. The first kappa shape index (κ1) is 22.2. The Morgan fingerprint density at radius 2 is 1.81 bits per heavy atom. The lowest BCUT2D eigenvalue weighted by atomic mass is 10.0. The van der Waals surface area contributed by atoms with Gasteiger partial charge in [-0.1, -0.05) is 42.5 Å². The molecule has 7 heteroatoms. The number of para-hydroxylation sites is 1. The van der Waals surface area contributed by atoms with Gasteiger partial charge in [-0.3, -0.25) is 9.59 Å². The first-order chi connectivity index (χ1) is 15.0. The molecule has 3 aromatic rings. The second kappa shape index (κ2) is 10.5. The summed E-state index contributed by atoms with van der Waals surface area (Å²) in [6.07, 6.45) is 0.720. The van der Waals surface area contributed by atoms with Crippen LogP contribution in [0.1, 0.15) is 27.7 Å². The molecule has 0 saturated carbocycles. The third-order valence-electron chi connectivity index (χ3n) is 4.62. The van der Waals surface area contributed by atoms with Crippen LogP contribution in [0.4, 0.5) is 4.39 Å². The first-order valence-electron chi connectivity index (χ1n) is 9.72. The number of benzene rings is 2. The van der Waals surface area contributed by atoms with Gasteiger partial charge in [-0.05, 0) is 42.5 Å². The van der Waals surface area contributed by atoms with Crippen molar-refractivity contribution in [3.63, 3.8) is 0 Å². The average molecular weight is 439 g/mol. The van der Waals surface area contributed by atoms with E-state index >= 15 is 0 Å². The number of methoxy groups -OCH3 is 1. The Hall–Kier alpha value is -3.45. The summed E-state index contributed by atoms with van der Waals surface area (Å²) < 4.78 is 19.0. The topological polar surface area (TPSA) is 67.4 Å². The largest absolute Gasteiger partial charge is 0.493 e. The quantitative estimate of drug-likeness (QED) is 0.512. The second-order valence-electron chi connectivity index (χ2n) is 6.73. The molecule has 2 amide bonds. The van der Waals surface area contributed by atoms with Gasteiger partial charge in [-0.15, -0.1) is 11.3 Å². The molecule has 3 rings (SSSR count). The number of amides is 2. The van der Waals surface area contributed by atoms with Crippen LogP contribution in [0.5, 0.6) is 5.75 Å². The number of rotatable bonds is 8. The highest BCUT2D eigenvalue weighted by Crippen LogP contribution is 2.23. The van der Waals surface area contributed by atoms with E-state index in [1.54, 1.807) is 30.4 Å². The smallest absolute Gasteiger partial charge is 0.259 e. The van der Waals surface area contributed by atoms with Gasteiger partial charge in [0.15, 0.2) is 11.6 Å². The number of hydrogen-bond donors (Lipinski definition) is 2. The summed E-state index contributed by atoms with van der Waals surface area (Å²) in [6, 6.07) is 17.2. The van der Waals surface area contributed by atoms with Crippen molar-refractivity contribution in [2.45, 2.75) is 13.3 Å². The van der Waals surface area contributed by atoms with Crippen LogP contribution in [0.25, 0.3) is 5.57 Å². The Kier molecular flexibility index (Phi) is 7.56. The zero-order valence-corrected chi connectivity index (χ0v) is 18.1. The van der Waals surface area contributed by atoms with Crippen molar-refractivity contribution in [1.82, 2.24) is 10.6 Å². The lowest BCUT2D eigenvalue weighted by Gasteiger charge is -2.15. The first-order valence-corrected chi connectivity index (χ1v) is 10.6. The van der Waals surface area contributed by atoms with Gasteiger partial charge >= 0.3 is 0 Å². The van der Waals surface area contributed by atoms with E-state index in [0.717, 1.165) is 6.42 Å². The van der Waals surface area contributed by atoms with Gasteiger partial charge in [0.05, 0.1) is 18.2 Å². The fourth-order valence-corrected chi connectivity index (χ4v) is 3.87. The number of allylic oxidation sites excluding steroid dienone is 1. The molecule has 0 fully saturated rings. The Labute approximate surface area is 184 Å². The zero-order chi connectivity index (χ0) is 22.2. The predicted octanol–water partition coefficient (Wildman–Crippen LogP) is 4.42. The van der Waals surface area contributed by atoms with Crippen molar-refractivity contribution in [2.75, 3.05) is 13.7 Å². The maximum Gasteiger partial charge on any atom is 0.259 e. The number of hydrogen-bond acceptors (Lipinski definition) is 4. The van der Waals surface area contributed by atoms with Crippen LogP contribution in [0.15, 0.2) is 71.7 Å². The van der Waals surface area contributed by atoms with Crippen LogP contribution in [-0.4, -0.2) is 25.5 Å². The van der Waals surface area contributed by atoms with Gasteiger partial charge in [-0.25, -0.2) is 4.39 Å². The second-order valence-corrected chi connectivity index (χ2v) is 7.76. The molecule has 0 aliphatic heterocycles. The molecule has 0 bridgehead atoms. The molecule has 0 atom stereocenters. The zero-order valence-electron chi connectivity index (χ0n) is 17.3. The third-order valence-corrected chi connectivity index (χ3v) is 5.55. The minimum atomic E-state index is -0.633. The molecule has 1 heterocycles. The van der Waals surface area contributed by atoms with Crippen LogP contribution in [0, 0.1) is 5.82 Å². The fourth-order valence-electron chi connectivity index (χ4n) is 3.16. The number of halogens is 1. The Bertz CT molecular complexity index is 1080. The Balaban J connectivity index is 1.84. The highest BCUT2D eigenvalue weighted by molar-refractivity contribution is 7.09. The molecule has 0 spiro atoms. The molecular formula is C24H23FN2O3S. The summed E-state index contributed by atoms with van der Waals surface area (Å²) in [6.45, 7) is 2.11. The third kappa shape index (κ3) is 5.58. The van der Waals surface area contributed by atoms with E-state index < -0.39 is 11.7 Å². The van der Waals surface area contributed by atoms with Gasteiger partial charge in [0, 0.05) is 17.1 Å². The molecule has 0 saturated heterocycles. The van der Waals surface area contributed by atoms with Crippen LogP contribution >= 0.6 is 11.3 Å². The number of thiophene rings is 1. The molecule has 31 heavy (non-hydrogen) atoms. The highest BCUT2D eigenvalue weighted by Gasteiger charge is 2.20. The van der Waals surface area contributed by atoms with E-state index in [4.69, 9.17) is 4.74 Å². The van der Waals surface area contributed by atoms with E-state index in [9.17, 15) is 14.0 Å². The average Bonchev–Trinajstić information content (AvgIpc) is 3.28. The Morgan fingerprint density at radius 1 is 1.03 bits per heavy atom. The summed E-state index contributed by atoms with van der Waals surface area (Å²) in [5.41, 5.74) is 1.42. The van der Waals surface area contributed by atoms with E-state index in [2.05, 4.69) is 10.6 Å². The molecule has 1 aromatic heterocycles. The van der Waals surface area contributed by atoms with Crippen molar-refractivity contribution in [2.24, 2.45) is 0 Å². The normalized spacial score (nSPS) is 11.5. The summed E-state index contributed by atoms with van der Waals surface area (Å²) in [4.78, 5) is 27.0. The maximum absolute atomic E-state index is 14.0. The van der Waals surface area contributed by atoms with Crippen LogP contribution in [-0.2, 0) is 11.2 Å². The van der Waals surface area contributed by atoms with Gasteiger partial charge in [0.25, 0.3) is 11.8 Å². The highest BCUT2D eigenvalue weighted by atomic mass is 32.1. The number of nitrogens with one attached hydrogen (secondary N) is 2. The van der Waals surface area contributed by atoms with Gasteiger partial charge < -0.3 is 15.4 Å². The summed E-state index contributed by atoms with van der Waals surface area (Å²) >= 11 is 1.63. The Morgan fingerprint density at radius 3 is 2.48 bits per heavy atom. The predicted molar refractivity (Wildman–Crippen MR) is 120 cm³/mol.